The summed E-state index contributed by atoms with van der Waals surface area (Å²) in [6, 6.07) is 7.42. The van der Waals surface area contributed by atoms with Gasteiger partial charge in [0.15, 0.2) is 0 Å². The maximum Gasteiger partial charge on any atom is 0.123 e. The quantitative estimate of drug-likeness (QED) is 0.710. The lowest BCUT2D eigenvalue weighted by atomic mass is 10.00. The molecule has 0 radical (unpaired) electrons. The largest absolute Gasteiger partial charge is 0.388 e. The molecule has 0 aliphatic heterocycles. The molecule has 4 N–H and O–H groups in total. The Morgan fingerprint density at radius 1 is 1.42 bits per heavy atom. The molecule has 0 fully saturated rings. The molecule has 3 heteroatoms. The smallest absolute Gasteiger partial charge is 0.123 e. The van der Waals surface area contributed by atoms with E-state index in [2.05, 4.69) is 11.8 Å². The molecule has 2 atom stereocenters. The molecule has 0 aromatic heterocycles. The molecular formula is C16H23NO2. The van der Waals surface area contributed by atoms with Crippen molar-refractivity contribution >= 4 is 0 Å². The van der Waals surface area contributed by atoms with Gasteiger partial charge in [-0.3, -0.25) is 0 Å². The van der Waals surface area contributed by atoms with Crippen molar-refractivity contribution < 1.29 is 10.2 Å². The summed E-state index contributed by atoms with van der Waals surface area (Å²) in [6.45, 7) is 4.18. The summed E-state index contributed by atoms with van der Waals surface area (Å²) in [4.78, 5) is 0. The van der Waals surface area contributed by atoms with Crippen LogP contribution in [0.15, 0.2) is 24.3 Å². The van der Waals surface area contributed by atoms with E-state index in [1.54, 1.807) is 6.92 Å². The third-order valence-corrected chi connectivity index (χ3v) is 2.92. The van der Waals surface area contributed by atoms with Crippen molar-refractivity contribution in [2.45, 2.75) is 44.8 Å². The third-order valence-electron chi connectivity index (χ3n) is 2.92. The molecule has 104 valence electrons. The van der Waals surface area contributed by atoms with E-state index in [4.69, 9.17) is 5.73 Å². The van der Waals surface area contributed by atoms with Crippen molar-refractivity contribution in [2.24, 2.45) is 5.73 Å². The van der Waals surface area contributed by atoms with E-state index in [-0.39, 0.29) is 0 Å². The van der Waals surface area contributed by atoms with Crippen LogP contribution in [-0.2, 0) is 0 Å². The Hall–Kier alpha value is -1.34. The molecule has 0 heterocycles. The molecule has 0 bridgehead atoms. The van der Waals surface area contributed by atoms with E-state index in [9.17, 15) is 10.2 Å². The van der Waals surface area contributed by atoms with Gasteiger partial charge in [0.25, 0.3) is 0 Å². The molecule has 0 aliphatic rings. The average Bonchev–Trinajstić information content (AvgIpc) is 2.37. The molecular weight excluding hydrogens is 238 g/mol. The second-order valence-electron chi connectivity index (χ2n) is 4.99. The number of aliphatic hydroxyl groups is 2. The molecule has 2 unspecified atom stereocenters. The highest BCUT2D eigenvalue weighted by Gasteiger charge is 2.14. The van der Waals surface area contributed by atoms with Gasteiger partial charge in [-0.1, -0.05) is 37.3 Å². The van der Waals surface area contributed by atoms with Crippen LogP contribution in [0, 0.1) is 11.8 Å². The Morgan fingerprint density at radius 3 is 2.79 bits per heavy atom. The predicted molar refractivity (Wildman–Crippen MR) is 77.5 cm³/mol. The fourth-order valence-electron chi connectivity index (χ4n) is 1.90. The molecule has 3 nitrogen and oxygen atoms in total. The molecule has 1 aromatic rings. The van der Waals surface area contributed by atoms with Crippen LogP contribution in [0.3, 0.4) is 0 Å². The number of hydrogen-bond acceptors (Lipinski definition) is 3. The average molecular weight is 261 g/mol. The first-order valence-electron chi connectivity index (χ1n) is 6.72. The van der Waals surface area contributed by atoms with E-state index < -0.39 is 11.7 Å². The minimum Gasteiger partial charge on any atom is -0.388 e. The zero-order valence-electron chi connectivity index (χ0n) is 11.7. The molecule has 0 saturated carbocycles. The van der Waals surface area contributed by atoms with E-state index in [1.807, 2.05) is 31.2 Å². The van der Waals surface area contributed by atoms with Crippen molar-refractivity contribution in [3.8, 4) is 11.8 Å². The summed E-state index contributed by atoms with van der Waals surface area (Å²) in [7, 11) is 0. The third kappa shape index (κ3) is 5.44. The predicted octanol–water partition coefficient (Wildman–Crippen LogP) is 1.97. The maximum absolute atomic E-state index is 10.00. The van der Waals surface area contributed by atoms with Gasteiger partial charge in [-0.2, -0.15) is 0 Å². The van der Waals surface area contributed by atoms with Crippen molar-refractivity contribution in [2.75, 3.05) is 6.54 Å². The summed E-state index contributed by atoms with van der Waals surface area (Å²) >= 11 is 0. The summed E-state index contributed by atoms with van der Waals surface area (Å²) in [5, 5.41) is 19.9. The van der Waals surface area contributed by atoms with Gasteiger partial charge in [-0.05, 0) is 44.0 Å². The van der Waals surface area contributed by atoms with Crippen molar-refractivity contribution in [3.63, 3.8) is 0 Å². The topological polar surface area (TPSA) is 66.5 Å². The first kappa shape index (κ1) is 15.7. The highest BCUT2D eigenvalue weighted by Crippen LogP contribution is 2.17. The molecule has 19 heavy (non-hydrogen) atoms. The van der Waals surface area contributed by atoms with Gasteiger partial charge in [0.1, 0.15) is 5.60 Å². The van der Waals surface area contributed by atoms with Gasteiger partial charge >= 0.3 is 0 Å². The minimum atomic E-state index is -0.958. The van der Waals surface area contributed by atoms with Crippen molar-refractivity contribution in [3.05, 3.63) is 35.4 Å². The number of nitrogens with two attached hydrogens (primary N) is 1. The van der Waals surface area contributed by atoms with Gasteiger partial charge in [0.05, 0.1) is 6.10 Å². The fourth-order valence-corrected chi connectivity index (χ4v) is 1.90. The highest BCUT2D eigenvalue weighted by molar-refractivity contribution is 5.39. The maximum atomic E-state index is 10.00. The van der Waals surface area contributed by atoms with Gasteiger partial charge in [0.2, 0.25) is 0 Å². The zero-order chi connectivity index (χ0) is 14.3. The standard InChI is InChI=1S/C16H23NO2/c1-3-9-16(2,19)10-7-13-5-4-6-14(12-13)15(18)8-11-17/h4-6,12,15,18-19H,3,8-9,11,17H2,1-2H3. The molecule has 0 spiro atoms. The normalized spacial score (nSPS) is 15.2. The summed E-state index contributed by atoms with van der Waals surface area (Å²) < 4.78 is 0. The van der Waals surface area contributed by atoms with E-state index >= 15 is 0 Å². The number of benzene rings is 1. The summed E-state index contributed by atoms with van der Waals surface area (Å²) in [6.07, 6.45) is 1.51. The van der Waals surface area contributed by atoms with Gasteiger partial charge in [0, 0.05) is 5.56 Å². The van der Waals surface area contributed by atoms with E-state index in [1.165, 1.54) is 0 Å². The second-order valence-corrected chi connectivity index (χ2v) is 4.99. The van der Waals surface area contributed by atoms with Crippen molar-refractivity contribution in [1.82, 2.24) is 0 Å². The summed E-state index contributed by atoms with van der Waals surface area (Å²) in [5.41, 5.74) is 6.08. The fraction of sp³-hybridized carbons (Fsp3) is 0.500. The Morgan fingerprint density at radius 2 is 2.16 bits per heavy atom. The van der Waals surface area contributed by atoms with Gasteiger partial charge in [-0.25, -0.2) is 0 Å². The van der Waals surface area contributed by atoms with Crippen molar-refractivity contribution in [1.29, 1.82) is 0 Å². The Bertz CT molecular complexity index is 457. The van der Waals surface area contributed by atoms with Crippen LogP contribution >= 0.6 is 0 Å². The number of rotatable bonds is 5. The monoisotopic (exact) mass is 261 g/mol. The number of hydrogen-bond donors (Lipinski definition) is 3. The lowest BCUT2D eigenvalue weighted by molar-refractivity contribution is 0.111. The summed E-state index contributed by atoms with van der Waals surface area (Å²) in [5.74, 6) is 5.84. The lowest BCUT2D eigenvalue weighted by Crippen LogP contribution is -2.20. The number of aliphatic hydroxyl groups excluding tert-OH is 1. The molecule has 1 rings (SSSR count). The molecule has 0 amide bonds. The first-order chi connectivity index (χ1) is 8.98. The van der Waals surface area contributed by atoms with Gasteiger partial charge in [-0.15, -0.1) is 0 Å². The molecule has 1 aromatic carbocycles. The van der Waals surface area contributed by atoms with E-state index in [0.29, 0.717) is 19.4 Å². The second kappa shape index (κ2) is 7.30. The van der Waals surface area contributed by atoms with Gasteiger partial charge < -0.3 is 15.9 Å². The van der Waals surface area contributed by atoms with Crippen LogP contribution in [0.2, 0.25) is 0 Å². The highest BCUT2D eigenvalue weighted by atomic mass is 16.3. The van der Waals surface area contributed by atoms with Crippen LogP contribution in [0.5, 0.6) is 0 Å². The minimum absolute atomic E-state index is 0.447. The Balaban J connectivity index is 2.86. The van der Waals surface area contributed by atoms with Crippen LogP contribution in [-0.4, -0.2) is 22.4 Å². The molecule has 0 aliphatic carbocycles. The van der Waals surface area contributed by atoms with Crippen LogP contribution in [0.1, 0.15) is 50.3 Å². The zero-order valence-corrected chi connectivity index (χ0v) is 11.7. The lowest BCUT2D eigenvalue weighted by Gasteiger charge is -2.14. The van der Waals surface area contributed by atoms with Crippen LogP contribution < -0.4 is 5.73 Å². The Kier molecular flexibility index (Phi) is 6.04. The van der Waals surface area contributed by atoms with Crippen LogP contribution in [0.4, 0.5) is 0 Å². The Labute approximate surface area is 115 Å². The van der Waals surface area contributed by atoms with Crippen LogP contribution in [0.25, 0.3) is 0 Å². The molecule has 0 saturated heterocycles. The van der Waals surface area contributed by atoms with E-state index in [0.717, 1.165) is 17.5 Å². The first-order valence-corrected chi connectivity index (χ1v) is 6.72. The SMILES string of the molecule is CCCC(C)(O)C#Cc1cccc(C(O)CCN)c1.